The molecule has 0 saturated carbocycles. The predicted molar refractivity (Wildman–Crippen MR) is 121 cm³/mol. The van der Waals surface area contributed by atoms with Crippen LogP contribution in [0.1, 0.15) is 24.0 Å². The fourth-order valence-electron chi connectivity index (χ4n) is 3.35. The molecule has 33 heavy (non-hydrogen) atoms. The van der Waals surface area contributed by atoms with E-state index in [1.54, 1.807) is 12.1 Å². The van der Waals surface area contributed by atoms with Crippen LogP contribution >= 0.6 is 0 Å². The Morgan fingerprint density at radius 3 is 2.33 bits per heavy atom. The number of hydrogen-bond donors (Lipinski definition) is 4. The average molecular weight is 459 g/mol. The number of phenols is 1. The van der Waals surface area contributed by atoms with Crippen LogP contribution in [0.5, 0.6) is 11.5 Å². The van der Waals surface area contributed by atoms with Gasteiger partial charge in [-0.25, -0.2) is 4.79 Å². The van der Waals surface area contributed by atoms with Crippen molar-refractivity contribution in [1.82, 2.24) is 10.6 Å². The second kappa shape index (κ2) is 13.1. The quantitative estimate of drug-likeness (QED) is 0.263. The number of ether oxygens (including phenoxy) is 2. The first-order chi connectivity index (χ1) is 15.8. The van der Waals surface area contributed by atoms with Crippen molar-refractivity contribution in [3.63, 3.8) is 0 Å². The lowest BCUT2D eigenvalue weighted by Crippen LogP contribution is -2.52. The summed E-state index contributed by atoms with van der Waals surface area (Å²) in [6.07, 6.45) is 0.985. The third-order valence-electron chi connectivity index (χ3n) is 5.06. The fourth-order valence-corrected chi connectivity index (χ4v) is 3.35. The molecule has 1 amide bonds. The van der Waals surface area contributed by atoms with Crippen LogP contribution in [0.4, 0.5) is 0 Å². The monoisotopic (exact) mass is 458 g/mol. The minimum atomic E-state index is -1.14. The second-order valence-electron chi connectivity index (χ2n) is 7.49. The smallest absolute Gasteiger partial charge is 0.328 e. The maximum atomic E-state index is 12.8. The van der Waals surface area contributed by atoms with Crippen LogP contribution in [0.15, 0.2) is 48.5 Å². The molecule has 4 N–H and O–H groups in total. The molecule has 0 unspecified atom stereocenters. The average Bonchev–Trinajstić information content (AvgIpc) is 2.80. The standard InChI is InChI=1S/C24H30N2O7/c1-32-21-11-10-17(14-20(21)27)9-6-12-25-18(15-22(28)29)23(30)26-19(24(31)33-2)13-16-7-4-3-5-8-16/h3-5,7-8,10-11,14,18-19,25,27H,6,9,12-13,15H2,1-2H3,(H,26,30)(H,28,29)/t18-,19-/m1/s1. The van der Waals surface area contributed by atoms with Gasteiger partial charge in [0.15, 0.2) is 11.5 Å². The van der Waals surface area contributed by atoms with E-state index >= 15 is 0 Å². The van der Waals surface area contributed by atoms with Gasteiger partial charge in [-0.1, -0.05) is 36.4 Å². The first-order valence-corrected chi connectivity index (χ1v) is 10.6. The molecule has 0 radical (unpaired) electrons. The summed E-state index contributed by atoms with van der Waals surface area (Å²) in [5, 5.41) is 24.7. The largest absolute Gasteiger partial charge is 0.504 e. The lowest BCUT2D eigenvalue weighted by atomic mass is 10.0. The topological polar surface area (TPSA) is 134 Å². The van der Waals surface area contributed by atoms with Gasteiger partial charge in [-0.3, -0.25) is 9.59 Å². The number of carboxylic acids is 1. The van der Waals surface area contributed by atoms with Crippen LogP contribution in [-0.2, 0) is 32.0 Å². The van der Waals surface area contributed by atoms with Gasteiger partial charge >= 0.3 is 11.9 Å². The number of methoxy groups -OCH3 is 2. The molecule has 2 aromatic rings. The summed E-state index contributed by atoms with van der Waals surface area (Å²) in [5.41, 5.74) is 1.71. The molecule has 0 spiro atoms. The Morgan fingerprint density at radius 1 is 1.00 bits per heavy atom. The molecule has 2 atom stereocenters. The van der Waals surface area contributed by atoms with Crippen LogP contribution in [0.2, 0.25) is 0 Å². The van der Waals surface area contributed by atoms with Gasteiger partial charge in [0.1, 0.15) is 6.04 Å². The van der Waals surface area contributed by atoms with Crippen LogP contribution in [0.25, 0.3) is 0 Å². The van der Waals surface area contributed by atoms with E-state index in [9.17, 15) is 24.6 Å². The Balaban J connectivity index is 1.95. The number of esters is 1. The summed E-state index contributed by atoms with van der Waals surface area (Å²) in [7, 11) is 2.70. The van der Waals surface area contributed by atoms with Gasteiger partial charge in [0.2, 0.25) is 5.91 Å². The molecule has 0 aliphatic carbocycles. The third kappa shape index (κ3) is 8.46. The number of nitrogens with one attached hydrogen (secondary N) is 2. The van der Waals surface area contributed by atoms with E-state index in [0.29, 0.717) is 25.1 Å². The Morgan fingerprint density at radius 2 is 1.73 bits per heavy atom. The van der Waals surface area contributed by atoms with E-state index in [0.717, 1.165) is 11.1 Å². The van der Waals surface area contributed by atoms with E-state index < -0.39 is 36.4 Å². The number of aryl methyl sites for hydroxylation is 1. The van der Waals surface area contributed by atoms with Gasteiger partial charge in [0, 0.05) is 6.42 Å². The zero-order valence-corrected chi connectivity index (χ0v) is 18.7. The normalized spacial score (nSPS) is 12.4. The summed E-state index contributed by atoms with van der Waals surface area (Å²) < 4.78 is 9.82. The number of amides is 1. The van der Waals surface area contributed by atoms with Crippen LogP contribution < -0.4 is 15.4 Å². The number of hydrogen-bond acceptors (Lipinski definition) is 7. The van der Waals surface area contributed by atoms with E-state index in [1.807, 2.05) is 36.4 Å². The number of rotatable bonds is 13. The van der Waals surface area contributed by atoms with E-state index in [1.165, 1.54) is 14.2 Å². The number of aromatic hydroxyl groups is 1. The minimum absolute atomic E-state index is 0.0401. The highest BCUT2D eigenvalue weighted by Crippen LogP contribution is 2.26. The summed E-state index contributed by atoms with van der Waals surface area (Å²) in [4.78, 5) is 36.3. The SMILES string of the molecule is COC(=O)[C@@H](Cc1ccccc1)NC(=O)[C@@H](CC(=O)O)NCCCc1ccc(OC)c(O)c1. The molecular weight excluding hydrogens is 428 g/mol. The fraction of sp³-hybridized carbons (Fsp3) is 0.375. The van der Waals surface area contributed by atoms with Gasteiger partial charge in [-0.15, -0.1) is 0 Å². The number of phenolic OH excluding ortho intramolecular Hbond substituents is 1. The molecule has 0 saturated heterocycles. The van der Waals surface area contributed by atoms with Gasteiger partial charge < -0.3 is 30.3 Å². The molecule has 9 heteroatoms. The molecule has 0 heterocycles. The highest BCUT2D eigenvalue weighted by molar-refractivity contribution is 5.90. The van der Waals surface area contributed by atoms with Crippen molar-refractivity contribution in [2.24, 2.45) is 0 Å². The molecule has 2 rings (SSSR count). The van der Waals surface area contributed by atoms with Gasteiger partial charge in [0.25, 0.3) is 0 Å². The second-order valence-corrected chi connectivity index (χ2v) is 7.49. The molecule has 9 nitrogen and oxygen atoms in total. The number of aliphatic carboxylic acids is 1. The highest BCUT2D eigenvalue weighted by atomic mass is 16.5. The zero-order chi connectivity index (χ0) is 24.2. The first-order valence-electron chi connectivity index (χ1n) is 10.6. The third-order valence-corrected chi connectivity index (χ3v) is 5.06. The summed E-state index contributed by atoms with van der Waals surface area (Å²) in [5.74, 6) is -1.92. The lowest BCUT2D eigenvalue weighted by Gasteiger charge is -2.21. The van der Waals surface area contributed by atoms with Gasteiger partial charge in [-0.2, -0.15) is 0 Å². The van der Waals surface area contributed by atoms with E-state index in [-0.39, 0.29) is 12.2 Å². The molecule has 0 bridgehead atoms. The van der Waals surface area contributed by atoms with Gasteiger partial charge in [-0.05, 0) is 42.6 Å². The molecular formula is C24H30N2O7. The molecule has 0 fully saturated rings. The molecule has 178 valence electrons. The summed E-state index contributed by atoms with van der Waals surface area (Å²) in [6, 6.07) is 12.3. The highest BCUT2D eigenvalue weighted by Gasteiger charge is 2.27. The van der Waals surface area contributed by atoms with Gasteiger partial charge in [0.05, 0.1) is 26.7 Å². The van der Waals surface area contributed by atoms with Crippen molar-refractivity contribution in [3.8, 4) is 11.5 Å². The number of carbonyl (C=O) groups is 3. The zero-order valence-electron chi connectivity index (χ0n) is 18.7. The number of benzene rings is 2. The predicted octanol–water partition coefficient (Wildman–Crippen LogP) is 1.67. The van der Waals surface area contributed by atoms with Crippen molar-refractivity contribution < 1.29 is 34.1 Å². The number of carboxylic acid groups (broad SMARTS) is 1. The van der Waals surface area contributed by atoms with Crippen LogP contribution in [0.3, 0.4) is 0 Å². The maximum absolute atomic E-state index is 12.8. The Bertz CT molecular complexity index is 934. The Hall–Kier alpha value is -3.59. The first kappa shape index (κ1) is 25.7. The van der Waals surface area contributed by atoms with Crippen LogP contribution in [-0.4, -0.2) is 60.9 Å². The molecule has 0 aliphatic heterocycles. The number of carbonyl (C=O) groups excluding carboxylic acids is 2. The van der Waals surface area contributed by atoms with Crippen molar-refractivity contribution in [2.75, 3.05) is 20.8 Å². The summed E-state index contributed by atoms with van der Waals surface area (Å²) >= 11 is 0. The van der Waals surface area contributed by atoms with E-state index in [4.69, 9.17) is 9.47 Å². The van der Waals surface area contributed by atoms with Crippen molar-refractivity contribution >= 4 is 17.8 Å². The molecule has 2 aromatic carbocycles. The van der Waals surface area contributed by atoms with Crippen molar-refractivity contribution in [2.45, 2.75) is 37.8 Å². The van der Waals surface area contributed by atoms with Crippen molar-refractivity contribution in [3.05, 3.63) is 59.7 Å². The minimum Gasteiger partial charge on any atom is -0.504 e. The Labute approximate surface area is 192 Å². The Kier molecular flexibility index (Phi) is 10.2. The van der Waals surface area contributed by atoms with Crippen LogP contribution in [0, 0.1) is 0 Å². The van der Waals surface area contributed by atoms with E-state index in [2.05, 4.69) is 10.6 Å². The molecule has 0 aromatic heterocycles. The summed E-state index contributed by atoms with van der Waals surface area (Å²) in [6.45, 7) is 0.361. The van der Waals surface area contributed by atoms with Crippen molar-refractivity contribution in [1.29, 1.82) is 0 Å². The molecule has 0 aliphatic rings. The lowest BCUT2D eigenvalue weighted by molar-refractivity contribution is -0.145. The maximum Gasteiger partial charge on any atom is 0.328 e.